The van der Waals surface area contributed by atoms with Crippen molar-refractivity contribution in [2.24, 2.45) is 0 Å². The number of aliphatic hydroxyl groups excluding tert-OH is 1. The first kappa shape index (κ1) is 9.60. The minimum atomic E-state index is -0.00581. The van der Waals surface area contributed by atoms with Gasteiger partial charge in [0.15, 0.2) is 5.82 Å². The Morgan fingerprint density at radius 2 is 2.27 bits per heavy atom. The fraction of sp³-hybridized carbons (Fsp3) is 0.222. The normalized spacial score (nSPS) is 10.5. The third-order valence-corrected chi connectivity index (χ3v) is 1.81. The predicted molar refractivity (Wildman–Crippen MR) is 52.7 cm³/mol. The largest absolute Gasteiger partial charge is 0.397 e. The Morgan fingerprint density at radius 3 is 2.93 bits per heavy atom. The van der Waals surface area contributed by atoms with Gasteiger partial charge in [-0.2, -0.15) is 4.98 Å². The van der Waals surface area contributed by atoms with E-state index in [1.54, 1.807) is 12.1 Å². The highest BCUT2D eigenvalue weighted by Crippen LogP contribution is 2.15. The number of nitrogens with two attached hydrogens (primary N) is 1. The molecule has 0 aliphatic heterocycles. The molecule has 2 aromatic rings. The average Bonchev–Trinajstić information content (AvgIpc) is 2.68. The van der Waals surface area contributed by atoms with E-state index in [4.69, 9.17) is 15.4 Å². The zero-order valence-corrected chi connectivity index (χ0v) is 7.92. The summed E-state index contributed by atoms with van der Waals surface area (Å²) in [5.74, 6) is 0.796. The Labute approximate surface area is 85.8 Å². The number of aromatic nitrogens is 3. The van der Waals surface area contributed by atoms with E-state index in [9.17, 15) is 0 Å². The van der Waals surface area contributed by atoms with Gasteiger partial charge in [-0.15, -0.1) is 0 Å². The zero-order valence-electron chi connectivity index (χ0n) is 7.92. The molecule has 0 amide bonds. The first-order chi connectivity index (χ1) is 7.29. The molecule has 0 aliphatic rings. The van der Waals surface area contributed by atoms with Crippen molar-refractivity contribution in [1.82, 2.24) is 15.1 Å². The molecule has 78 valence electrons. The molecule has 0 bridgehead atoms. The van der Waals surface area contributed by atoms with Crippen LogP contribution in [-0.4, -0.2) is 26.8 Å². The van der Waals surface area contributed by atoms with E-state index in [0.717, 1.165) is 0 Å². The fourth-order valence-corrected chi connectivity index (χ4v) is 1.09. The lowest BCUT2D eigenvalue weighted by atomic mass is 10.3. The first-order valence-corrected chi connectivity index (χ1v) is 4.45. The Morgan fingerprint density at radius 1 is 1.40 bits per heavy atom. The number of hydrogen-bond acceptors (Lipinski definition) is 6. The van der Waals surface area contributed by atoms with Gasteiger partial charge in [0.25, 0.3) is 5.89 Å². The lowest BCUT2D eigenvalue weighted by molar-refractivity contribution is 0.293. The molecule has 6 nitrogen and oxygen atoms in total. The second kappa shape index (κ2) is 4.05. The van der Waals surface area contributed by atoms with E-state index in [0.29, 0.717) is 29.5 Å². The maximum Gasteiger partial charge on any atom is 0.276 e. The average molecular weight is 206 g/mol. The van der Waals surface area contributed by atoms with Crippen LogP contribution in [0.1, 0.15) is 5.82 Å². The fourth-order valence-electron chi connectivity index (χ4n) is 1.09. The molecule has 2 aromatic heterocycles. The number of anilines is 1. The molecule has 6 heteroatoms. The topological polar surface area (TPSA) is 98.1 Å². The summed E-state index contributed by atoms with van der Waals surface area (Å²) in [5, 5.41) is 12.4. The smallest absolute Gasteiger partial charge is 0.276 e. The standard InChI is InChI=1S/C9H10N4O2/c10-6-1-2-7(11-5-6)9-12-8(3-4-14)13-15-9/h1-2,5,14H,3-4,10H2. The van der Waals surface area contributed by atoms with E-state index in [1.807, 2.05) is 0 Å². The second-order valence-electron chi connectivity index (χ2n) is 2.97. The Bertz CT molecular complexity index is 438. The third kappa shape index (κ3) is 2.10. The minimum absolute atomic E-state index is 0.00581. The van der Waals surface area contributed by atoms with Gasteiger partial charge in [0.1, 0.15) is 5.69 Å². The number of rotatable bonds is 3. The summed E-state index contributed by atoms with van der Waals surface area (Å²) >= 11 is 0. The third-order valence-electron chi connectivity index (χ3n) is 1.81. The van der Waals surface area contributed by atoms with Gasteiger partial charge in [0.05, 0.1) is 18.5 Å². The van der Waals surface area contributed by atoms with Gasteiger partial charge in [-0.1, -0.05) is 5.16 Å². The maximum atomic E-state index is 8.68. The Hall–Kier alpha value is -1.95. The quantitative estimate of drug-likeness (QED) is 0.746. The molecule has 2 rings (SSSR count). The first-order valence-electron chi connectivity index (χ1n) is 4.45. The van der Waals surface area contributed by atoms with Crippen LogP contribution in [0.3, 0.4) is 0 Å². The molecule has 0 aromatic carbocycles. The molecule has 0 fully saturated rings. The van der Waals surface area contributed by atoms with Crippen molar-refractivity contribution in [2.75, 3.05) is 12.3 Å². The highest BCUT2D eigenvalue weighted by molar-refractivity contribution is 5.50. The van der Waals surface area contributed by atoms with Gasteiger partial charge < -0.3 is 15.4 Å². The predicted octanol–water partition coefficient (Wildman–Crippen LogP) is 0.249. The summed E-state index contributed by atoms with van der Waals surface area (Å²) in [6.45, 7) is -0.00581. The van der Waals surface area contributed by atoms with Crippen LogP contribution in [0.2, 0.25) is 0 Å². The molecular weight excluding hydrogens is 196 g/mol. The SMILES string of the molecule is Nc1ccc(-c2nc(CCO)no2)nc1. The van der Waals surface area contributed by atoms with Gasteiger partial charge in [0.2, 0.25) is 0 Å². The molecule has 0 atom stereocenters. The number of nitrogens with zero attached hydrogens (tertiary/aromatic N) is 3. The van der Waals surface area contributed by atoms with Crippen molar-refractivity contribution >= 4 is 5.69 Å². The van der Waals surface area contributed by atoms with Gasteiger partial charge in [-0.05, 0) is 12.1 Å². The zero-order chi connectivity index (χ0) is 10.7. The molecule has 0 aliphatic carbocycles. The summed E-state index contributed by atoms with van der Waals surface area (Å²) in [6.07, 6.45) is 1.89. The highest BCUT2D eigenvalue weighted by atomic mass is 16.5. The van der Waals surface area contributed by atoms with E-state index < -0.39 is 0 Å². The summed E-state index contributed by atoms with van der Waals surface area (Å²) in [4.78, 5) is 8.10. The van der Waals surface area contributed by atoms with Crippen LogP contribution in [0.5, 0.6) is 0 Å². The lowest BCUT2D eigenvalue weighted by Crippen LogP contribution is -1.93. The molecule has 0 saturated carbocycles. The summed E-state index contributed by atoms with van der Waals surface area (Å²) < 4.78 is 4.97. The lowest BCUT2D eigenvalue weighted by Gasteiger charge is -1.93. The van der Waals surface area contributed by atoms with Crippen molar-refractivity contribution in [3.63, 3.8) is 0 Å². The number of nitrogen functional groups attached to an aromatic ring is 1. The summed E-state index contributed by atoms with van der Waals surface area (Å²) in [6, 6.07) is 3.41. The van der Waals surface area contributed by atoms with Crippen molar-refractivity contribution in [1.29, 1.82) is 0 Å². The van der Waals surface area contributed by atoms with Crippen molar-refractivity contribution in [2.45, 2.75) is 6.42 Å². The molecule has 0 unspecified atom stereocenters. The summed E-state index contributed by atoms with van der Waals surface area (Å²) in [5.41, 5.74) is 6.64. The maximum absolute atomic E-state index is 8.68. The van der Waals surface area contributed by atoms with Crippen LogP contribution in [0, 0.1) is 0 Å². The van der Waals surface area contributed by atoms with Crippen LogP contribution >= 0.6 is 0 Å². The molecule has 2 heterocycles. The van der Waals surface area contributed by atoms with E-state index in [1.165, 1.54) is 6.20 Å². The van der Waals surface area contributed by atoms with Crippen LogP contribution in [-0.2, 0) is 6.42 Å². The van der Waals surface area contributed by atoms with Crippen LogP contribution in [0.4, 0.5) is 5.69 Å². The molecule has 0 saturated heterocycles. The Kier molecular flexibility index (Phi) is 2.59. The van der Waals surface area contributed by atoms with Crippen LogP contribution in [0.25, 0.3) is 11.6 Å². The van der Waals surface area contributed by atoms with Crippen LogP contribution < -0.4 is 5.73 Å². The van der Waals surface area contributed by atoms with Crippen molar-refractivity contribution in [3.05, 3.63) is 24.2 Å². The molecule has 15 heavy (non-hydrogen) atoms. The van der Waals surface area contributed by atoms with Gasteiger partial charge in [-0.25, -0.2) is 4.98 Å². The molecule has 3 N–H and O–H groups in total. The highest BCUT2D eigenvalue weighted by Gasteiger charge is 2.08. The van der Waals surface area contributed by atoms with Crippen molar-refractivity contribution < 1.29 is 9.63 Å². The van der Waals surface area contributed by atoms with E-state index in [-0.39, 0.29) is 6.61 Å². The van der Waals surface area contributed by atoms with Crippen molar-refractivity contribution in [3.8, 4) is 11.6 Å². The van der Waals surface area contributed by atoms with E-state index >= 15 is 0 Å². The molecule has 0 spiro atoms. The summed E-state index contributed by atoms with van der Waals surface area (Å²) in [7, 11) is 0. The van der Waals surface area contributed by atoms with Gasteiger partial charge >= 0.3 is 0 Å². The van der Waals surface area contributed by atoms with E-state index in [2.05, 4.69) is 15.1 Å². The Balaban J connectivity index is 2.25. The van der Waals surface area contributed by atoms with Crippen LogP contribution in [0.15, 0.2) is 22.9 Å². The molecular formula is C9H10N4O2. The number of pyridine rings is 1. The molecule has 0 radical (unpaired) electrons. The second-order valence-corrected chi connectivity index (χ2v) is 2.97. The monoisotopic (exact) mass is 206 g/mol. The van der Waals surface area contributed by atoms with Gasteiger partial charge in [0, 0.05) is 6.42 Å². The number of hydrogen-bond donors (Lipinski definition) is 2. The van der Waals surface area contributed by atoms with Gasteiger partial charge in [-0.3, -0.25) is 0 Å². The minimum Gasteiger partial charge on any atom is -0.397 e. The number of aliphatic hydroxyl groups is 1.